The molecule has 5 aromatic carbocycles. The minimum absolute atomic E-state index is 0.0589. The summed E-state index contributed by atoms with van der Waals surface area (Å²) in [7, 11) is -1.18. The van der Waals surface area contributed by atoms with Crippen molar-refractivity contribution in [2.75, 3.05) is 0 Å². The minimum Gasteiger partial charge on any atom is -0.546 e. The Morgan fingerprint density at radius 2 is 1.04 bits per heavy atom. The van der Waals surface area contributed by atoms with Crippen molar-refractivity contribution >= 4 is 52.1 Å². The number of thiazole rings is 2. The van der Waals surface area contributed by atoms with Crippen LogP contribution in [0, 0.1) is 0 Å². The van der Waals surface area contributed by atoms with E-state index >= 15 is 0 Å². The highest BCUT2D eigenvalue weighted by Crippen LogP contribution is 2.39. The Hall–Kier alpha value is -4.95. The number of para-hydroxylation sites is 3. The van der Waals surface area contributed by atoms with E-state index in [4.69, 9.17) is 4.43 Å². The van der Waals surface area contributed by atoms with Crippen molar-refractivity contribution in [1.82, 2.24) is 15.0 Å². The van der Waals surface area contributed by atoms with Gasteiger partial charge in [0.15, 0.2) is 0 Å². The van der Waals surface area contributed by atoms with Crippen LogP contribution in [-0.2, 0) is 5.41 Å². The second kappa shape index (κ2) is 16.2. The zero-order chi connectivity index (χ0) is 34.9. The van der Waals surface area contributed by atoms with Gasteiger partial charge in [0.25, 0.3) is 0 Å². The van der Waals surface area contributed by atoms with Crippen LogP contribution in [-0.4, -0.2) is 24.0 Å². The summed E-state index contributed by atoms with van der Waals surface area (Å²) in [4.78, 5) is 13.7. The molecule has 0 fully saturated rings. The van der Waals surface area contributed by atoms with Gasteiger partial charge in [0.2, 0.25) is 9.04 Å². The van der Waals surface area contributed by atoms with Gasteiger partial charge < -0.3 is 4.43 Å². The Labute approximate surface area is 304 Å². The van der Waals surface area contributed by atoms with Crippen molar-refractivity contribution in [3.63, 3.8) is 0 Å². The van der Waals surface area contributed by atoms with E-state index < -0.39 is 9.04 Å². The van der Waals surface area contributed by atoms with Crippen LogP contribution in [0.1, 0.15) is 26.3 Å². The Morgan fingerprint density at radius 3 is 1.50 bits per heavy atom. The molecule has 0 aliphatic carbocycles. The lowest BCUT2D eigenvalue weighted by Gasteiger charge is -2.26. The topological polar surface area (TPSA) is 47.9 Å². The van der Waals surface area contributed by atoms with Crippen LogP contribution in [0.4, 0.5) is 0 Å². The van der Waals surface area contributed by atoms with E-state index in [-0.39, 0.29) is 5.41 Å². The van der Waals surface area contributed by atoms with E-state index in [1.807, 2.05) is 72.9 Å². The number of hydrogen-bond acceptors (Lipinski definition) is 6. The SMILES string of the molecule is C[SiH](C)Oc1c(-c2ccccn2)cccc1C(C)(C)C.c1ccc(-c2nc3ccccc3s2)cc1.c1ccc(-c2nc3ccccc3s2)cc1. The molecule has 0 radical (unpaired) electrons. The van der Waals surface area contributed by atoms with Crippen molar-refractivity contribution < 1.29 is 4.43 Å². The Morgan fingerprint density at radius 1 is 0.540 bits per heavy atom. The van der Waals surface area contributed by atoms with Gasteiger partial charge >= 0.3 is 0 Å². The van der Waals surface area contributed by atoms with Crippen LogP contribution < -0.4 is 4.43 Å². The predicted octanol–water partition coefficient (Wildman–Crippen LogP) is 12.3. The normalized spacial score (nSPS) is 11.1. The molecule has 0 atom stereocenters. The first-order valence-electron chi connectivity index (χ1n) is 16.8. The van der Waals surface area contributed by atoms with Crippen LogP contribution in [0.25, 0.3) is 52.8 Å². The van der Waals surface area contributed by atoms with E-state index in [1.165, 1.54) is 26.1 Å². The van der Waals surface area contributed by atoms with E-state index in [0.717, 1.165) is 38.1 Å². The summed E-state index contributed by atoms with van der Waals surface area (Å²) in [6, 6.07) is 49.4. The fourth-order valence-electron chi connectivity index (χ4n) is 5.37. The molecule has 3 heterocycles. The lowest BCUT2D eigenvalue weighted by molar-refractivity contribution is 0.522. The molecular weight excluding hydrogens is 667 g/mol. The molecule has 0 amide bonds. The van der Waals surface area contributed by atoms with Gasteiger partial charge in [0, 0.05) is 22.9 Å². The predicted molar refractivity (Wildman–Crippen MR) is 218 cm³/mol. The van der Waals surface area contributed by atoms with E-state index in [9.17, 15) is 0 Å². The molecule has 0 N–H and O–H groups in total. The van der Waals surface area contributed by atoms with Gasteiger partial charge in [-0.3, -0.25) is 4.98 Å². The molecule has 4 nitrogen and oxygen atoms in total. The molecule has 250 valence electrons. The molecule has 7 heteroatoms. The number of nitrogens with zero attached hydrogens (tertiary/aromatic N) is 3. The molecule has 0 bridgehead atoms. The zero-order valence-electron chi connectivity index (χ0n) is 29.1. The number of rotatable bonds is 5. The average Bonchev–Trinajstić information content (AvgIpc) is 3.78. The summed E-state index contributed by atoms with van der Waals surface area (Å²) in [5.74, 6) is 1.01. The Bertz CT molecular complexity index is 2090. The van der Waals surface area contributed by atoms with E-state index in [1.54, 1.807) is 22.7 Å². The summed E-state index contributed by atoms with van der Waals surface area (Å²) in [6.45, 7) is 11.1. The third-order valence-corrected chi connectivity index (χ3v) is 10.6. The van der Waals surface area contributed by atoms with Crippen molar-refractivity contribution in [2.45, 2.75) is 39.3 Å². The molecule has 0 unspecified atom stereocenters. The van der Waals surface area contributed by atoms with Gasteiger partial charge in [-0.1, -0.05) is 124 Å². The highest BCUT2D eigenvalue weighted by atomic mass is 32.1. The fraction of sp³-hybridized carbons (Fsp3) is 0.140. The molecular formula is C43H41N3OS2Si. The maximum atomic E-state index is 6.26. The third-order valence-electron chi connectivity index (χ3n) is 7.75. The monoisotopic (exact) mass is 707 g/mol. The summed E-state index contributed by atoms with van der Waals surface area (Å²) < 4.78 is 8.75. The largest absolute Gasteiger partial charge is 0.546 e. The third kappa shape index (κ3) is 8.79. The van der Waals surface area contributed by atoms with Gasteiger partial charge in [0.05, 0.1) is 26.1 Å². The molecule has 0 spiro atoms. The first-order chi connectivity index (χ1) is 24.3. The highest BCUT2D eigenvalue weighted by molar-refractivity contribution is 7.22. The van der Waals surface area contributed by atoms with Crippen molar-refractivity contribution in [3.05, 3.63) is 157 Å². The maximum absolute atomic E-state index is 6.26. The first kappa shape index (κ1) is 34.9. The molecule has 0 saturated heterocycles. The number of hydrogen-bond donors (Lipinski definition) is 0. The van der Waals surface area contributed by atoms with Crippen molar-refractivity contribution in [3.8, 4) is 38.1 Å². The number of aromatic nitrogens is 3. The zero-order valence-corrected chi connectivity index (χ0v) is 31.9. The second-order valence-electron chi connectivity index (χ2n) is 13.0. The van der Waals surface area contributed by atoms with E-state index in [0.29, 0.717) is 0 Å². The van der Waals surface area contributed by atoms with Crippen molar-refractivity contribution in [2.24, 2.45) is 0 Å². The fourth-order valence-corrected chi connectivity index (χ4v) is 8.03. The first-order valence-corrected chi connectivity index (χ1v) is 21.2. The molecule has 0 aliphatic heterocycles. The van der Waals surface area contributed by atoms with Crippen molar-refractivity contribution in [1.29, 1.82) is 0 Å². The van der Waals surface area contributed by atoms with Gasteiger partial charge in [-0.25, -0.2) is 9.97 Å². The summed E-state index contributed by atoms with van der Waals surface area (Å²) in [5, 5.41) is 2.19. The van der Waals surface area contributed by atoms with Crippen LogP contribution in [0.2, 0.25) is 13.1 Å². The van der Waals surface area contributed by atoms with E-state index in [2.05, 4.69) is 128 Å². The van der Waals surface area contributed by atoms with Gasteiger partial charge in [-0.15, -0.1) is 22.7 Å². The highest BCUT2D eigenvalue weighted by Gasteiger charge is 2.22. The quantitative estimate of drug-likeness (QED) is 0.167. The van der Waals surface area contributed by atoms with Gasteiger partial charge in [-0.2, -0.15) is 0 Å². The number of fused-ring (bicyclic) bond motifs is 2. The molecule has 3 aromatic heterocycles. The summed E-state index contributed by atoms with van der Waals surface area (Å²) in [6.07, 6.45) is 1.83. The lowest BCUT2D eigenvalue weighted by atomic mass is 9.85. The smallest absolute Gasteiger partial charge is 0.229 e. The molecule has 0 saturated carbocycles. The average molecular weight is 708 g/mol. The number of pyridine rings is 1. The van der Waals surface area contributed by atoms with Gasteiger partial charge in [0.1, 0.15) is 15.8 Å². The molecule has 0 aliphatic rings. The van der Waals surface area contributed by atoms with Gasteiger partial charge in [-0.05, 0) is 66.5 Å². The van der Waals surface area contributed by atoms with Crippen LogP contribution in [0.5, 0.6) is 5.75 Å². The lowest BCUT2D eigenvalue weighted by Crippen LogP contribution is -2.19. The van der Waals surface area contributed by atoms with Crippen LogP contribution in [0.3, 0.4) is 0 Å². The van der Waals surface area contributed by atoms with Crippen LogP contribution >= 0.6 is 22.7 Å². The Balaban J connectivity index is 0.000000131. The standard InChI is InChI=1S/C17H23NOSi.2C13H9NS/c1-17(2,3)14-10-8-9-13(16(14)19-20(4)5)15-11-6-7-12-18-15;2*1-2-6-10(7-3-1)13-14-11-8-4-5-9-12(11)15-13/h6-12,20H,1-5H3;2*1-9H. The molecule has 8 rings (SSSR count). The minimum atomic E-state index is -1.18. The maximum Gasteiger partial charge on any atom is 0.229 e. The second-order valence-corrected chi connectivity index (χ2v) is 17.4. The number of benzene rings is 5. The molecule has 8 aromatic rings. The summed E-state index contributed by atoms with van der Waals surface area (Å²) in [5.41, 5.74) is 7.94. The Kier molecular flexibility index (Phi) is 11.3. The summed E-state index contributed by atoms with van der Waals surface area (Å²) >= 11 is 3.48. The molecule has 50 heavy (non-hydrogen) atoms. The van der Waals surface area contributed by atoms with Crippen LogP contribution in [0.15, 0.2) is 152 Å².